The summed E-state index contributed by atoms with van der Waals surface area (Å²) >= 11 is 6.18. The number of benzene rings is 1. The standard InChI is InChI=1S/C22H23ClN4O4/c1-13-9-14(21(28)24-2)3-4-17(13)20-18(27-6-5-15(23)10-19(27)25-20)11-16-12-26(22(29)30)7-8-31-16/h3-6,9-10,16H,7-8,11-12H2,1-2H3,(H,24,28)(H,29,30). The number of hydrogen-bond donors (Lipinski definition) is 2. The van der Waals surface area contributed by atoms with E-state index in [-0.39, 0.29) is 12.0 Å². The van der Waals surface area contributed by atoms with Gasteiger partial charge in [-0.1, -0.05) is 17.7 Å². The van der Waals surface area contributed by atoms with Gasteiger partial charge < -0.3 is 24.5 Å². The maximum absolute atomic E-state index is 12.0. The molecule has 1 fully saturated rings. The Morgan fingerprint density at radius 1 is 1.32 bits per heavy atom. The molecule has 162 valence electrons. The molecule has 0 radical (unpaired) electrons. The third-order valence-electron chi connectivity index (χ3n) is 5.49. The molecule has 4 rings (SSSR count). The Balaban J connectivity index is 1.77. The second-order valence-electron chi connectivity index (χ2n) is 7.51. The van der Waals surface area contributed by atoms with Crippen LogP contribution in [-0.2, 0) is 11.2 Å². The van der Waals surface area contributed by atoms with Crippen LogP contribution >= 0.6 is 11.6 Å². The molecule has 3 heterocycles. The number of amides is 2. The highest BCUT2D eigenvalue weighted by Gasteiger charge is 2.27. The molecule has 2 amide bonds. The van der Waals surface area contributed by atoms with Crippen LogP contribution in [0.3, 0.4) is 0 Å². The Morgan fingerprint density at radius 3 is 2.84 bits per heavy atom. The van der Waals surface area contributed by atoms with Crippen LogP contribution in [0.5, 0.6) is 0 Å². The number of rotatable bonds is 4. The largest absolute Gasteiger partial charge is 0.465 e. The average Bonchev–Trinajstić information content (AvgIpc) is 3.10. The molecule has 9 heteroatoms. The number of hydrogen-bond acceptors (Lipinski definition) is 4. The van der Waals surface area contributed by atoms with Crippen molar-refractivity contribution in [3.8, 4) is 11.3 Å². The molecular weight excluding hydrogens is 420 g/mol. The fraction of sp³-hybridized carbons (Fsp3) is 0.318. The summed E-state index contributed by atoms with van der Waals surface area (Å²) in [6, 6.07) is 9.06. The van der Waals surface area contributed by atoms with Gasteiger partial charge in [0, 0.05) is 48.4 Å². The third-order valence-corrected chi connectivity index (χ3v) is 5.72. The first kappa shape index (κ1) is 21.1. The lowest BCUT2D eigenvalue weighted by atomic mass is 9.99. The number of aryl methyl sites for hydroxylation is 1. The van der Waals surface area contributed by atoms with Crippen LogP contribution in [0.25, 0.3) is 16.9 Å². The normalized spacial score (nSPS) is 16.5. The number of carbonyl (C=O) groups is 2. The molecule has 0 aliphatic carbocycles. The summed E-state index contributed by atoms with van der Waals surface area (Å²) in [6.45, 7) is 2.95. The minimum absolute atomic E-state index is 0.152. The van der Waals surface area contributed by atoms with Crippen LogP contribution in [-0.4, -0.2) is 64.2 Å². The van der Waals surface area contributed by atoms with E-state index in [1.807, 2.05) is 29.7 Å². The number of pyridine rings is 1. The van der Waals surface area contributed by atoms with Gasteiger partial charge in [-0.3, -0.25) is 4.79 Å². The molecule has 0 bridgehead atoms. The monoisotopic (exact) mass is 442 g/mol. The van der Waals surface area contributed by atoms with Gasteiger partial charge in [0.1, 0.15) is 5.65 Å². The minimum atomic E-state index is -0.945. The number of nitrogens with one attached hydrogen (secondary N) is 1. The number of morpholine rings is 1. The molecule has 1 atom stereocenters. The Morgan fingerprint density at radius 2 is 2.13 bits per heavy atom. The van der Waals surface area contributed by atoms with Gasteiger partial charge in [-0.05, 0) is 30.7 Å². The number of ether oxygens (including phenoxy) is 1. The lowest BCUT2D eigenvalue weighted by molar-refractivity contribution is -0.0214. The molecule has 1 aliphatic rings. The third kappa shape index (κ3) is 4.22. The van der Waals surface area contributed by atoms with Crippen molar-refractivity contribution >= 4 is 29.2 Å². The Kier molecular flexibility index (Phi) is 5.84. The number of carboxylic acid groups (broad SMARTS) is 1. The van der Waals surface area contributed by atoms with Gasteiger partial charge in [0.05, 0.1) is 30.6 Å². The van der Waals surface area contributed by atoms with E-state index in [1.165, 1.54) is 4.90 Å². The summed E-state index contributed by atoms with van der Waals surface area (Å²) in [6.07, 6.45) is 1.11. The number of imidazole rings is 1. The first-order valence-electron chi connectivity index (χ1n) is 9.96. The summed E-state index contributed by atoms with van der Waals surface area (Å²) in [5.41, 5.74) is 4.74. The van der Waals surface area contributed by atoms with Crippen molar-refractivity contribution in [2.24, 2.45) is 0 Å². The molecule has 2 N–H and O–H groups in total. The van der Waals surface area contributed by atoms with E-state index < -0.39 is 6.09 Å². The van der Waals surface area contributed by atoms with Crippen molar-refractivity contribution in [1.29, 1.82) is 0 Å². The zero-order valence-electron chi connectivity index (χ0n) is 17.3. The van der Waals surface area contributed by atoms with E-state index in [9.17, 15) is 14.7 Å². The van der Waals surface area contributed by atoms with E-state index in [0.717, 1.165) is 22.5 Å². The Hall–Kier alpha value is -3.10. The first-order chi connectivity index (χ1) is 14.9. The molecule has 1 saturated heterocycles. The maximum Gasteiger partial charge on any atom is 0.407 e. The van der Waals surface area contributed by atoms with Crippen molar-refractivity contribution in [3.63, 3.8) is 0 Å². The van der Waals surface area contributed by atoms with Crippen molar-refractivity contribution < 1.29 is 19.4 Å². The highest BCUT2D eigenvalue weighted by molar-refractivity contribution is 6.30. The number of nitrogens with zero attached hydrogens (tertiary/aromatic N) is 3. The molecule has 2 aromatic heterocycles. The summed E-state index contributed by atoms with van der Waals surface area (Å²) in [5.74, 6) is -0.152. The Bertz CT molecular complexity index is 1160. The molecule has 31 heavy (non-hydrogen) atoms. The molecule has 0 spiro atoms. The highest BCUT2D eigenvalue weighted by Crippen LogP contribution is 2.30. The first-order valence-corrected chi connectivity index (χ1v) is 10.3. The van der Waals surface area contributed by atoms with Crippen molar-refractivity contribution in [3.05, 3.63) is 58.4 Å². The van der Waals surface area contributed by atoms with Gasteiger partial charge in [0.2, 0.25) is 0 Å². The lowest BCUT2D eigenvalue weighted by Gasteiger charge is -2.31. The van der Waals surface area contributed by atoms with Crippen LogP contribution in [0.1, 0.15) is 21.6 Å². The average molecular weight is 443 g/mol. The zero-order chi connectivity index (χ0) is 22.1. The number of halogens is 1. The van der Waals surface area contributed by atoms with E-state index in [0.29, 0.717) is 42.4 Å². The number of aromatic nitrogens is 2. The predicted molar refractivity (Wildman–Crippen MR) is 117 cm³/mol. The van der Waals surface area contributed by atoms with Crippen molar-refractivity contribution in [2.75, 3.05) is 26.7 Å². The van der Waals surface area contributed by atoms with Gasteiger partial charge >= 0.3 is 6.09 Å². The Labute approximate surface area is 184 Å². The van der Waals surface area contributed by atoms with Gasteiger partial charge in [-0.2, -0.15) is 0 Å². The lowest BCUT2D eigenvalue weighted by Crippen LogP contribution is -2.45. The topological polar surface area (TPSA) is 96.2 Å². The maximum atomic E-state index is 12.0. The van der Waals surface area contributed by atoms with Crippen LogP contribution in [0.15, 0.2) is 36.5 Å². The second-order valence-corrected chi connectivity index (χ2v) is 7.95. The fourth-order valence-electron chi connectivity index (χ4n) is 3.93. The smallest absolute Gasteiger partial charge is 0.407 e. The van der Waals surface area contributed by atoms with Gasteiger partial charge in [0.15, 0.2) is 0 Å². The minimum Gasteiger partial charge on any atom is -0.465 e. The quantitative estimate of drug-likeness (QED) is 0.646. The van der Waals surface area contributed by atoms with Gasteiger partial charge in [-0.25, -0.2) is 9.78 Å². The van der Waals surface area contributed by atoms with Crippen LogP contribution < -0.4 is 5.32 Å². The molecule has 3 aromatic rings. The fourth-order valence-corrected chi connectivity index (χ4v) is 4.08. The SMILES string of the molecule is CNC(=O)c1ccc(-c2nc3cc(Cl)ccn3c2CC2CN(C(=O)O)CCO2)c(C)c1. The summed E-state index contributed by atoms with van der Waals surface area (Å²) < 4.78 is 7.82. The molecule has 1 aliphatic heterocycles. The highest BCUT2D eigenvalue weighted by atomic mass is 35.5. The molecule has 1 unspecified atom stereocenters. The van der Waals surface area contributed by atoms with Crippen LogP contribution in [0.2, 0.25) is 5.02 Å². The summed E-state index contributed by atoms with van der Waals surface area (Å²) in [5, 5.41) is 12.6. The summed E-state index contributed by atoms with van der Waals surface area (Å²) in [7, 11) is 1.60. The molecular formula is C22H23ClN4O4. The number of carbonyl (C=O) groups excluding carboxylic acids is 1. The molecule has 1 aromatic carbocycles. The van der Waals surface area contributed by atoms with Crippen LogP contribution in [0, 0.1) is 6.92 Å². The van der Waals surface area contributed by atoms with Gasteiger partial charge in [0.25, 0.3) is 5.91 Å². The van der Waals surface area contributed by atoms with Gasteiger partial charge in [-0.15, -0.1) is 0 Å². The molecule has 8 nitrogen and oxygen atoms in total. The second kappa shape index (κ2) is 8.56. The zero-order valence-corrected chi connectivity index (χ0v) is 18.0. The van der Waals surface area contributed by atoms with E-state index in [2.05, 4.69) is 5.32 Å². The van der Waals surface area contributed by atoms with Crippen molar-refractivity contribution in [1.82, 2.24) is 19.6 Å². The molecule has 0 saturated carbocycles. The predicted octanol–water partition coefficient (Wildman–Crippen LogP) is 3.24. The summed E-state index contributed by atoms with van der Waals surface area (Å²) in [4.78, 5) is 29.6. The van der Waals surface area contributed by atoms with E-state index in [4.69, 9.17) is 21.3 Å². The number of fused-ring (bicyclic) bond motifs is 1. The van der Waals surface area contributed by atoms with Crippen molar-refractivity contribution in [2.45, 2.75) is 19.4 Å². The van der Waals surface area contributed by atoms with E-state index >= 15 is 0 Å². The van der Waals surface area contributed by atoms with E-state index in [1.54, 1.807) is 25.2 Å². The van der Waals surface area contributed by atoms with Crippen LogP contribution in [0.4, 0.5) is 4.79 Å².